The Balaban J connectivity index is 1.45. The minimum atomic E-state index is -0.161. The lowest BCUT2D eigenvalue weighted by molar-refractivity contribution is -0.123. The number of carbonyl (C=O) groups excluding carboxylic acids is 1. The Hall–Kier alpha value is -2.69. The van der Waals surface area contributed by atoms with Gasteiger partial charge in [-0.3, -0.25) is 4.79 Å². The zero-order chi connectivity index (χ0) is 19.8. The van der Waals surface area contributed by atoms with Crippen molar-refractivity contribution >= 4 is 5.91 Å². The molecule has 0 saturated heterocycles. The predicted molar refractivity (Wildman–Crippen MR) is 109 cm³/mol. The lowest BCUT2D eigenvalue weighted by Crippen LogP contribution is -2.28. The molecule has 5 nitrogen and oxygen atoms in total. The van der Waals surface area contributed by atoms with Crippen LogP contribution in [0.3, 0.4) is 0 Å². The summed E-state index contributed by atoms with van der Waals surface area (Å²) in [6, 6.07) is 13.8. The molecule has 2 aromatic rings. The van der Waals surface area contributed by atoms with E-state index in [-0.39, 0.29) is 12.5 Å². The predicted octanol–water partition coefficient (Wildman–Crippen LogP) is 4.45. The minimum absolute atomic E-state index is 0.00390. The molecule has 1 saturated carbocycles. The van der Waals surface area contributed by atoms with Crippen molar-refractivity contribution in [2.75, 3.05) is 20.8 Å². The zero-order valence-corrected chi connectivity index (χ0v) is 16.7. The number of carbonyl (C=O) groups is 1. The first-order chi connectivity index (χ1) is 13.7. The summed E-state index contributed by atoms with van der Waals surface area (Å²) < 4.78 is 16.1. The third-order valence-electron chi connectivity index (χ3n) is 5.26. The fourth-order valence-corrected chi connectivity index (χ4v) is 3.66. The highest BCUT2D eigenvalue weighted by Gasteiger charge is 2.15. The van der Waals surface area contributed by atoms with Crippen LogP contribution < -0.4 is 19.5 Å². The molecule has 1 aliphatic carbocycles. The zero-order valence-electron chi connectivity index (χ0n) is 16.7. The van der Waals surface area contributed by atoms with Gasteiger partial charge in [0.05, 0.1) is 14.2 Å². The summed E-state index contributed by atoms with van der Waals surface area (Å²) in [6.45, 7) is 0.402. The maximum Gasteiger partial charge on any atom is 0.258 e. The van der Waals surface area contributed by atoms with Gasteiger partial charge in [-0.15, -0.1) is 0 Å². The molecule has 2 aromatic carbocycles. The number of hydrogen-bond donors (Lipinski definition) is 1. The van der Waals surface area contributed by atoms with Gasteiger partial charge in [0.25, 0.3) is 5.91 Å². The van der Waals surface area contributed by atoms with Gasteiger partial charge in [-0.05, 0) is 54.2 Å². The number of hydrogen-bond acceptors (Lipinski definition) is 4. The molecule has 0 bridgehead atoms. The van der Waals surface area contributed by atoms with Gasteiger partial charge in [-0.2, -0.15) is 0 Å². The van der Waals surface area contributed by atoms with E-state index < -0.39 is 0 Å². The molecule has 1 fully saturated rings. The highest BCUT2D eigenvalue weighted by Crippen LogP contribution is 2.33. The monoisotopic (exact) mass is 383 g/mol. The Labute approximate surface area is 167 Å². The quantitative estimate of drug-likeness (QED) is 0.732. The van der Waals surface area contributed by atoms with E-state index in [4.69, 9.17) is 14.2 Å². The summed E-state index contributed by atoms with van der Waals surface area (Å²) in [6.07, 6.45) is 6.56. The number of methoxy groups -OCH3 is 2. The van der Waals surface area contributed by atoms with Gasteiger partial charge in [-0.25, -0.2) is 0 Å². The second kappa shape index (κ2) is 10.0. The Bertz CT molecular complexity index is 767. The van der Waals surface area contributed by atoms with Crippen LogP contribution >= 0.6 is 0 Å². The Kier molecular flexibility index (Phi) is 7.18. The van der Waals surface area contributed by atoms with Gasteiger partial charge in [0.15, 0.2) is 18.1 Å². The van der Waals surface area contributed by atoms with Crippen molar-refractivity contribution in [2.24, 2.45) is 0 Å². The molecule has 150 valence electrons. The van der Waals surface area contributed by atoms with E-state index in [0.29, 0.717) is 24.0 Å². The van der Waals surface area contributed by atoms with Crippen LogP contribution in [0.2, 0.25) is 0 Å². The van der Waals surface area contributed by atoms with E-state index in [1.807, 2.05) is 30.3 Å². The van der Waals surface area contributed by atoms with Crippen LogP contribution in [-0.4, -0.2) is 26.7 Å². The summed E-state index contributed by atoms with van der Waals surface area (Å²) in [5.74, 6) is 2.54. The largest absolute Gasteiger partial charge is 0.493 e. The maximum absolute atomic E-state index is 12.1. The van der Waals surface area contributed by atoms with Crippen molar-refractivity contribution in [2.45, 2.75) is 44.6 Å². The molecule has 28 heavy (non-hydrogen) atoms. The first kappa shape index (κ1) is 20.1. The van der Waals surface area contributed by atoms with Crippen LogP contribution in [0, 0.1) is 0 Å². The van der Waals surface area contributed by atoms with E-state index in [0.717, 1.165) is 11.3 Å². The molecule has 1 aliphatic rings. The van der Waals surface area contributed by atoms with Gasteiger partial charge in [0.2, 0.25) is 0 Å². The third kappa shape index (κ3) is 5.41. The van der Waals surface area contributed by atoms with Gasteiger partial charge < -0.3 is 19.5 Å². The van der Waals surface area contributed by atoms with Crippen molar-refractivity contribution < 1.29 is 19.0 Å². The molecule has 0 spiro atoms. The lowest BCUT2D eigenvalue weighted by Gasteiger charge is -2.22. The second-order valence-electron chi connectivity index (χ2n) is 7.16. The van der Waals surface area contributed by atoms with Gasteiger partial charge in [-0.1, -0.05) is 37.5 Å². The van der Waals surface area contributed by atoms with Crippen LogP contribution in [-0.2, 0) is 11.3 Å². The smallest absolute Gasteiger partial charge is 0.258 e. The van der Waals surface area contributed by atoms with Crippen molar-refractivity contribution in [3.8, 4) is 17.2 Å². The average Bonchev–Trinajstić information content (AvgIpc) is 2.77. The molecule has 0 radical (unpaired) electrons. The maximum atomic E-state index is 12.1. The van der Waals surface area contributed by atoms with Crippen LogP contribution in [0.5, 0.6) is 17.2 Å². The Morgan fingerprint density at radius 1 is 0.964 bits per heavy atom. The molecule has 0 atom stereocenters. The Morgan fingerprint density at radius 2 is 1.68 bits per heavy atom. The molecule has 0 heterocycles. The third-order valence-corrected chi connectivity index (χ3v) is 5.26. The summed E-state index contributed by atoms with van der Waals surface area (Å²) in [5.41, 5.74) is 2.31. The highest BCUT2D eigenvalue weighted by atomic mass is 16.5. The SMILES string of the molecule is COc1ccc(CNC(=O)COc2ccc(C3CCCCC3)cc2)cc1OC. The molecule has 3 rings (SSSR count). The summed E-state index contributed by atoms with van der Waals surface area (Å²) in [5, 5.41) is 2.86. The second-order valence-corrected chi connectivity index (χ2v) is 7.16. The van der Waals surface area contributed by atoms with E-state index in [1.165, 1.54) is 37.7 Å². The number of rotatable bonds is 8. The van der Waals surface area contributed by atoms with Crippen LogP contribution in [0.15, 0.2) is 42.5 Å². The fourth-order valence-electron chi connectivity index (χ4n) is 3.66. The van der Waals surface area contributed by atoms with Crippen molar-refractivity contribution in [1.29, 1.82) is 0 Å². The first-order valence-corrected chi connectivity index (χ1v) is 9.90. The van der Waals surface area contributed by atoms with E-state index >= 15 is 0 Å². The van der Waals surface area contributed by atoms with E-state index in [2.05, 4.69) is 17.4 Å². The minimum Gasteiger partial charge on any atom is -0.493 e. The molecule has 0 unspecified atom stereocenters. The number of amides is 1. The molecule has 1 amide bonds. The Morgan fingerprint density at radius 3 is 2.36 bits per heavy atom. The van der Waals surface area contributed by atoms with Gasteiger partial charge in [0.1, 0.15) is 5.75 Å². The summed E-state index contributed by atoms with van der Waals surface area (Å²) in [4.78, 5) is 12.1. The highest BCUT2D eigenvalue weighted by molar-refractivity contribution is 5.77. The molecular weight excluding hydrogens is 354 g/mol. The van der Waals surface area contributed by atoms with Crippen LogP contribution in [0.4, 0.5) is 0 Å². The van der Waals surface area contributed by atoms with Crippen LogP contribution in [0.25, 0.3) is 0 Å². The van der Waals surface area contributed by atoms with E-state index in [1.54, 1.807) is 14.2 Å². The molecule has 0 aliphatic heterocycles. The topological polar surface area (TPSA) is 56.8 Å². The standard InChI is InChI=1S/C23H29NO4/c1-26-21-13-8-17(14-22(21)27-2)15-24-23(25)16-28-20-11-9-19(10-12-20)18-6-4-3-5-7-18/h8-14,18H,3-7,15-16H2,1-2H3,(H,24,25). The number of ether oxygens (including phenoxy) is 3. The van der Waals surface area contributed by atoms with Gasteiger partial charge in [0, 0.05) is 6.54 Å². The number of nitrogens with one attached hydrogen (secondary N) is 1. The van der Waals surface area contributed by atoms with Crippen molar-refractivity contribution in [1.82, 2.24) is 5.32 Å². The molecule has 5 heteroatoms. The summed E-state index contributed by atoms with van der Waals surface area (Å²) >= 11 is 0. The van der Waals surface area contributed by atoms with Crippen molar-refractivity contribution in [3.63, 3.8) is 0 Å². The molecule has 1 N–H and O–H groups in total. The van der Waals surface area contributed by atoms with Crippen LogP contribution in [0.1, 0.15) is 49.1 Å². The fraction of sp³-hybridized carbons (Fsp3) is 0.435. The average molecular weight is 383 g/mol. The first-order valence-electron chi connectivity index (χ1n) is 9.90. The molecule has 0 aromatic heterocycles. The van der Waals surface area contributed by atoms with Gasteiger partial charge >= 0.3 is 0 Å². The number of benzene rings is 2. The van der Waals surface area contributed by atoms with Crippen molar-refractivity contribution in [3.05, 3.63) is 53.6 Å². The molecular formula is C23H29NO4. The van der Waals surface area contributed by atoms with E-state index in [9.17, 15) is 4.79 Å². The lowest BCUT2D eigenvalue weighted by atomic mass is 9.84. The summed E-state index contributed by atoms with van der Waals surface area (Å²) in [7, 11) is 3.19. The normalized spacial score (nSPS) is 14.4.